The zero-order valence-corrected chi connectivity index (χ0v) is 14.7. The predicted octanol–water partition coefficient (Wildman–Crippen LogP) is 2.80. The number of nitrogens with one attached hydrogen (secondary N) is 2. The zero-order valence-electron chi connectivity index (χ0n) is 13.2. The Hall–Kier alpha value is -1.60. The molecule has 1 aromatic heterocycles. The molecular weight excluding hydrogens is 351 g/mol. The van der Waals surface area contributed by atoms with Gasteiger partial charge < -0.3 is 15.4 Å². The Bertz CT molecular complexity index is 742. The second-order valence-corrected chi connectivity index (χ2v) is 6.44. The zero-order chi connectivity index (χ0) is 17.1. The minimum absolute atomic E-state index is 0.1000. The van der Waals surface area contributed by atoms with Crippen LogP contribution < -0.4 is 10.6 Å². The SMILES string of the molecule is Cc1cc(NC(=O)CC2CNCCO2)nn1-c1ccc(Cl)c(Cl)c1. The van der Waals surface area contributed by atoms with Crippen LogP contribution in [0.15, 0.2) is 24.3 Å². The lowest BCUT2D eigenvalue weighted by Gasteiger charge is -2.22. The van der Waals surface area contributed by atoms with Gasteiger partial charge in [-0.15, -0.1) is 5.10 Å². The third-order valence-electron chi connectivity index (χ3n) is 3.72. The third kappa shape index (κ3) is 4.08. The molecule has 2 N–H and O–H groups in total. The Morgan fingerprint density at radius 3 is 2.96 bits per heavy atom. The number of aromatic nitrogens is 2. The number of morpholine rings is 1. The number of halogens is 2. The second kappa shape index (κ2) is 7.53. The second-order valence-electron chi connectivity index (χ2n) is 5.63. The van der Waals surface area contributed by atoms with Gasteiger partial charge in [0.15, 0.2) is 5.82 Å². The topological polar surface area (TPSA) is 68.2 Å². The molecule has 128 valence electrons. The number of rotatable bonds is 4. The van der Waals surface area contributed by atoms with E-state index in [-0.39, 0.29) is 12.0 Å². The molecule has 1 fully saturated rings. The molecule has 3 rings (SSSR count). The van der Waals surface area contributed by atoms with Gasteiger partial charge in [-0.25, -0.2) is 4.68 Å². The standard InChI is InChI=1S/C16H18Cl2N4O2/c1-10-6-15(20-16(23)8-12-9-19-4-5-24-12)21-22(10)11-2-3-13(17)14(18)7-11/h2-3,6-7,12,19H,4-5,8-9H2,1H3,(H,20,21,23). The molecule has 2 heterocycles. The van der Waals surface area contributed by atoms with Crippen LogP contribution in [0.4, 0.5) is 5.82 Å². The van der Waals surface area contributed by atoms with Crippen LogP contribution in [0, 0.1) is 6.92 Å². The van der Waals surface area contributed by atoms with E-state index in [9.17, 15) is 4.79 Å². The average Bonchev–Trinajstić information content (AvgIpc) is 2.91. The first-order chi connectivity index (χ1) is 11.5. The maximum absolute atomic E-state index is 12.1. The molecule has 1 aliphatic rings. The van der Waals surface area contributed by atoms with Crippen molar-refractivity contribution in [3.63, 3.8) is 0 Å². The first-order valence-electron chi connectivity index (χ1n) is 7.67. The van der Waals surface area contributed by atoms with Crippen LogP contribution in [0.5, 0.6) is 0 Å². The van der Waals surface area contributed by atoms with Gasteiger partial charge in [-0.1, -0.05) is 23.2 Å². The monoisotopic (exact) mass is 368 g/mol. The summed E-state index contributed by atoms with van der Waals surface area (Å²) >= 11 is 12.0. The Kier molecular flexibility index (Phi) is 5.40. The summed E-state index contributed by atoms with van der Waals surface area (Å²) in [5.41, 5.74) is 1.65. The molecule has 0 bridgehead atoms. The minimum Gasteiger partial charge on any atom is -0.375 e. The third-order valence-corrected chi connectivity index (χ3v) is 4.46. The smallest absolute Gasteiger partial charge is 0.228 e. The van der Waals surface area contributed by atoms with Crippen molar-refractivity contribution >= 4 is 34.9 Å². The Labute approximate surface area is 150 Å². The number of anilines is 1. The highest BCUT2D eigenvalue weighted by Gasteiger charge is 2.18. The van der Waals surface area contributed by atoms with Crippen molar-refractivity contribution in [1.29, 1.82) is 0 Å². The van der Waals surface area contributed by atoms with Crippen LogP contribution in [-0.4, -0.2) is 41.5 Å². The van der Waals surface area contributed by atoms with E-state index in [4.69, 9.17) is 27.9 Å². The Balaban J connectivity index is 1.69. The normalized spacial score (nSPS) is 17.7. The number of ether oxygens (including phenoxy) is 1. The Morgan fingerprint density at radius 2 is 2.25 bits per heavy atom. The van der Waals surface area contributed by atoms with Crippen molar-refractivity contribution in [2.75, 3.05) is 25.0 Å². The number of hydrogen-bond donors (Lipinski definition) is 2. The molecule has 0 spiro atoms. The lowest BCUT2D eigenvalue weighted by Crippen LogP contribution is -2.40. The summed E-state index contributed by atoms with van der Waals surface area (Å²) in [6, 6.07) is 7.07. The lowest BCUT2D eigenvalue weighted by molar-refractivity contribution is -0.119. The van der Waals surface area contributed by atoms with Gasteiger partial charge in [-0.05, 0) is 25.1 Å². The molecule has 1 saturated heterocycles. The van der Waals surface area contributed by atoms with Gasteiger partial charge in [0.1, 0.15) is 0 Å². The van der Waals surface area contributed by atoms with Crippen molar-refractivity contribution in [1.82, 2.24) is 15.1 Å². The maximum Gasteiger partial charge on any atom is 0.228 e. The summed E-state index contributed by atoms with van der Waals surface area (Å²) in [4.78, 5) is 12.1. The summed E-state index contributed by atoms with van der Waals surface area (Å²) in [7, 11) is 0. The molecule has 1 aromatic carbocycles. The molecule has 1 amide bonds. The molecule has 6 nitrogen and oxygen atoms in total. The van der Waals surface area contributed by atoms with Crippen LogP contribution in [-0.2, 0) is 9.53 Å². The van der Waals surface area contributed by atoms with Crippen LogP contribution >= 0.6 is 23.2 Å². The van der Waals surface area contributed by atoms with Crippen molar-refractivity contribution in [2.45, 2.75) is 19.4 Å². The van der Waals surface area contributed by atoms with Crippen molar-refractivity contribution in [2.24, 2.45) is 0 Å². The molecular formula is C16H18Cl2N4O2. The molecule has 0 saturated carbocycles. The highest BCUT2D eigenvalue weighted by molar-refractivity contribution is 6.42. The minimum atomic E-state index is -0.123. The fraction of sp³-hybridized carbons (Fsp3) is 0.375. The van der Waals surface area contributed by atoms with E-state index < -0.39 is 0 Å². The largest absolute Gasteiger partial charge is 0.375 e. The molecule has 0 radical (unpaired) electrons. The van der Waals surface area contributed by atoms with E-state index >= 15 is 0 Å². The first kappa shape index (κ1) is 17.2. The molecule has 1 aliphatic heterocycles. The maximum atomic E-state index is 12.1. The van der Waals surface area contributed by atoms with Crippen LogP contribution in [0.3, 0.4) is 0 Å². The number of aryl methyl sites for hydroxylation is 1. The summed E-state index contributed by atoms with van der Waals surface area (Å²) in [5, 5.41) is 11.4. The van der Waals surface area contributed by atoms with E-state index in [1.165, 1.54) is 0 Å². The highest BCUT2D eigenvalue weighted by atomic mass is 35.5. The molecule has 0 aliphatic carbocycles. The van der Waals surface area contributed by atoms with Gasteiger partial charge in [0.25, 0.3) is 0 Å². The summed E-state index contributed by atoms with van der Waals surface area (Å²) in [5.74, 6) is 0.370. The number of hydrogen-bond acceptors (Lipinski definition) is 4. The van der Waals surface area contributed by atoms with Crippen molar-refractivity contribution < 1.29 is 9.53 Å². The summed E-state index contributed by atoms with van der Waals surface area (Å²) in [6.45, 7) is 4.04. The van der Waals surface area contributed by atoms with Crippen molar-refractivity contribution in [3.05, 3.63) is 40.0 Å². The lowest BCUT2D eigenvalue weighted by atomic mass is 10.2. The van der Waals surface area contributed by atoms with E-state index in [0.717, 1.165) is 17.9 Å². The van der Waals surface area contributed by atoms with Gasteiger partial charge in [0.2, 0.25) is 5.91 Å². The number of nitrogens with zero attached hydrogens (tertiary/aromatic N) is 2. The fourth-order valence-electron chi connectivity index (χ4n) is 2.57. The van der Waals surface area contributed by atoms with Gasteiger partial charge in [0, 0.05) is 24.8 Å². The fourth-order valence-corrected chi connectivity index (χ4v) is 2.86. The van der Waals surface area contributed by atoms with Crippen LogP contribution in [0.25, 0.3) is 5.69 Å². The van der Waals surface area contributed by atoms with Gasteiger partial charge >= 0.3 is 0 Å². The summed E-state index contributed by atoms with van der Waals surface area (Å²) in [6.07, 6.45) is 0.197. The highest BCUT2D eigenvalue weighted by Crippen LogP contribution is 2.25. The number of carbonyl (C=O) groups is 1. The van der Waals surface area contributed by atoms with E-state index in [2.05, 4.69) is 15.7 Å². The van der Waals surface area contributed by atoms with Gasteiger partial charge in [0.05, 0.1) is 34.9 Å². The predicted molar refractivity (Wildman–Crippen MR) is 94.2 cm³/mol. The number of carbonyl (C=O) groups excluding carboxylic acids is 1. The number of benzene rings is 1. The number of amides is 1. The molecule has 1 unspecified atom stereocenters. The quantitative estimate of drug-likeness (QED) is 0.870. The van der Waals surface area contributed by atoms with Crippen molar-refractivity contribution in [3.8, 4) is 5.69 Å². The molecule has 8 heteroatoms. The molecule has 1 atom stereocenters. The Morgan fingerprint density at radius 1 is 1.42 bits per heavy atom. The first-order valence-corrected chi connectivity index (χ1v) is 8.43. The molecule has 24 heavy (non-hydrogen) atoms. The van der Waals surface area contributed by atoms with Gasteiger partial charge in [-0.2, -0.15) is 0 Å². The van der Waals surface area contributed by atoms with E-state index in [1.807, 2.05) is 13.0 Å². The van der Waals surface area contributed by atoms with Crippen LogP contribution in [0.2, 0.25) is 10.0 Å². The van der Waals surface area contributed by atoms with Crippen LogP contribution in [0.1, 0.15) is 12.1 Å². The van der Waals surface area contributed by atoms with E-state index in [1.54, 1.807) is 22.9 Å². The van der Waals surface area contributed by atoms with E-state index in [0.29, 0.717) is 35.4 Å². The molecule has 2 aromatic rings. The average molecular weight is 369 g/mol. The van der Waals surface area contributed by atoms with Gasteiger partial charge in [-0.3, -0.25) is 4.79 Å². The summed E-state index contributed by atoms with van der Waals surface area (Å²) < 4.78 is 7.24.